The zero-order valence-electron chi connectivity index (χ0n) is 24.8. The van der Waals surface area contributed by atoms with Crippen molar-refractivity contribution in [1.29, 1.82) is 0 Å². The number of rotatable bonds is 14. The fourth-order valence-corrected chi connectivity index (χ4v) is 6.03. The molecule has 8 nitrogen and oxygen atoms in total. The summed E-state index contributed by atoms with van der Waals surface area (Å²) in [6, 6.07) is 19.2. The summed E-state index contributed by atoms with van der Waals surface area (Å²) in [6.45, 7) is 10.2. The number of nitrogens with zero attached hydrogens (tertiary/aromatic N) is 2. The Morgan fingerprint density at radius 3 is 2.21 bits per heavy atom. The average Bonchev–Trinajstić information content (AvgIpc) is 2.95. The van der Waals surface area contributed by atoms with Gasteiger partial charge in [0.2, 0.25) is 11.8 Å². The van der Waals surface area contributed by atoms with Crippen LogP contribution in [-0.4, -0.2) is 50.9 Å². The number of benzene rings is 3. The molecular formula is C32H40ClN3O5S. The van der Waals surface area contributed by atoms with Crippen LogP contribution in [0.5, 0.6) is 5.75 Å². The third kappa shape index (κ3) is 8.72. The minimum absolute atomic E-state index is 0.0134. The van der Waals surface area contributed by atoms with Crippen molar-refractivity contribution in [3.8, 4) is 5.75 Å². The zero-order valence-corrected chi connectivity index (χ0v) is 26.4. The Labute approximate surface area is 254 Å². The molecule has 42 heavy (non-hydrogen) atoms. The number of sulfonamides is 1. The van der Waals surface area contributed by atoms with E-state index in [0.29, 0.717) is 30.3 Å². The molecule has 0 aliphatic carbocycles. The van der Waals surface area contributed by atoms with E-state index in [9.17, 15) is 18.0 Å². The maximum absolute atomic E-state index is 14.2. The molecule has 0 radical (unpaired) electrons. The van der Waals surface area contributed by atoms with Gasteiger partial charge in [-0.05, 0) is 80.3 Å². The van der Waals surface area contributed by atoms with E-state index in [1.807, 2.05) is 58.9 Å². The molecule has 0 aromatic heterocycles. The molecule has 3 aromatic rings. The van der Waals surface area contributed by atoms with Gasteiger partial charge in [-0.2, -0.15) is 0 Å². The van der Waals surface area contributed by atoms with Gasteiger partial charge in [-0.3, -0.25) is 13.9 Å². The molecule has 3 aromatic carbocycles. The van der Waals surface area contributed by atoms with Crippen LogP contribution < -0.4 is 14.4 Å². The van der Waals surface area contributed by atoms with Crippen LogP contribution in [0, 0.1) is 12.8 Å². The molecule has 1 N–H and O–H groups in total. The van der Waals surface area contributed by atoms with Gasteiger partial charge in [0.15, 0.2) is 0 Å². The second kappa shape index (κ2) is 15.1. The Hall–Kier alpha value is -3.56. The smallest absolute Gasteiger partial charge is 0.264 e. The summed E-state index contributed by atoms with van der Waals surface area (Å²) in [5.41, 5.74) is 2.14. The van der Waals surface area contributed by atoms with Crippen LogP contribution in [0.25, 0.3) is 0 Å². The lowest BCUT2D eigenvalue weighted by atomic mass is 10.1. The second-order valence-electron chi connectivity index (χ2n) is 10.5. The second-order valence-corrected chi connectivity index (χ2v) is 12.8. The minimum atomic E-state index is -4.19. The van der Waals surface area contributed by atoms with E-state index >= 15 is 0 Å². The first-order valence-electron chi connectivity index (χ1n) is 14.1. The van der Waals surface area contributed by atoms with Crippen LogP contribution in [-0.2, 0) is 26.2 Å². The van der Waals surface area contributed by atoms with E-state index in [4.69, 9.17) is 16.3 Å². The number of ether oxygens (including phenoxy) is 1. The van der Waals surface area contributed by atoms with Crippen molar-refractivity contribution < 1.29 is 22.7 Å². The van der Waals surface area contributed by atoms with Gasteiger partial charge in [-0.25, -0.2) is 8.42 Å². The highest BCUT2D eigenvalue weighted by Crippen LogP contribution is 2.27. The van der Waals surface area contributed by atoms with Crippen molar-refractivity contribution in [3.63, 3.8) is 0 Å². The van der Waals surface area contributed by atoms with Crippen molar-refractivity contribution in [2.24, 2.45) is 5.92 Å². The third-order valence-electron chi connectivity index (χ3n) is 6.62. The molecule has 0 fully saturated rings. The summed E-state index contributed by atoms with van der Waals surface area (Å²) < 4.78 is 34.5. The molecule has 10 heteroatoms. The Morgan fingerprint density at radius 2 is 1.64 bits per heavy atom. The number of hydrogen-bond donors (Lipinski definition) is 1. The molecule has 0 aliphatic heterocycles. The van der Waals surface area contributed by atoms with Crippen LogP contribution in [0.4, 0.5) is 5.69 Å². The van der Waals surface area contributed by atoms with Gasteiger partial charge in [0.1, 0.15) is 18.3 Å². The number of amides is 2. The Balaban J connectivity index is 2.05. The van der Waals surface area contributed by atoms with Crippen LogP contribution in [0.1, 0.15) is 45.2 Å². The lowest BCUT2D eigenvalue weighted by Crippen LogP contribution is -2.52. The molecule has 0 spiro atoms. The van der Waals surface area contributed by atoms with Gasteiger partial charge in [0.25, 0.3) is 10.0 Å². The lowest BCUT2D eigenvalue weighted by molar-refractivity contribution is -0.140. The predicted molar refractivity (Wildman–Crippen MR) is 167 cm³/mol. The van der Waals surface area contributed by atoms with E-state index in [1.54, 1.807) is 24.3 Å². The molecule has 2 amide bonds. The summed E-state index contributed by atoms with van der Waals surface area (Å²) >= 11 is 6.02. The van der Waals surface area contributed by atoms with Crippen LogP contribution in [0.2, 0.25) is 5.02 Å². The van der Waals surface area contributed by atoms with E-state index in [0.717, 1.165) is 15.4 Å². The Morgan fingerprint density at radius 1 is 0.976 bits per heavy atom. The van der Waals surface area contributed by atoms with Crippen molar-refractivity contribution in [3.05, 3.63) is 88.9 Å². The number of anilines is 1. The van der Waals surface area contributed by atoms with Crippen LogP contribution in [0.3, 0.4) is 0 Å². The van der Waals surface area contributed by atoms with Crippen LogP contribution >= 0.6 is 11.6 Å². The standard InChI is InChI=1S/C32H40ClN3O5S/c1-6-30(32(38)34-20-23(3)4)35(21-25-10-8-9-24(5)19-25)31(37)22-36(27-13-15-28(16-14-27)41-7-2)42(39,40)29-17-11-26(33)12-18-29/h8-19,23,30H,6-7,20-22H2,1-5H3,(H,34,38). The normalized spacial score (nSPS) is 12.1. The molecule has 226 valence electrons. The maximum atomic E-state index is 14.2. The highest BCUT2D eigenvalue weighted by Gasteiger charge is 2.33. The SMILES string of the molecule is CCOc1ccc(N(CC(=O)N(Cc2cccc(C)c2)C(CC)C(=O)NCC(C)C)S(=O)(=O)c2ccc(Cl)cc2)cc1. The fourth-order valence-electron chi connectivity index (χ4n) is 4.49. The molecule has 0 bridgehead atoms. The fraction of sp³-hybridized carbons (Fsp3) is 0.375. The first kappa shape index (κ1) is 32.9. The van der Waals surface area contributed by atoms with Gasteiger partial charge in [0.05, 0.1) is 17.2 Å². The van der Waals surface area contributed by atoms with Crippen molar-refractivity contribution in [2.75, 3.05) is 24.0 Å². The molecule has 0 aliphatic rings. The molecular weight excluding hydrogens is 574 g/mol. The van der Waals surface area contributed by atoms with Gasteiger partial charge in [-0.15, -0.1) is 0 Å². The number of hydrogen-bond acceptors (Lipinski definition) is 5. The highest BCUT2D eigenvalue weighted by atomic mass is 35.5. The van der Waals surface area contributed by atoms with Crippen molar-refractivity contribution in [1.82, 2.24) is 10.2 Å². The summed E-state index contributed by atoms with van der Waals surface area (Å²) in [4.78, 5) is 28.9. The molecule has 1 unspecified atom stereocenters. The monoisotopic (exact) mass is 613 g/mol. The lowest BCUT2D eigenvalue weighted by Gasteiger charge is -2.33. The summed E-state index contributed by atoms with van der Waals surface area (Å²) in [6.07, 6.45) is 0.356. The summed E-state index contributed by atoms with van der Waals surface area (Å²) in [5, 5.41) is 3.33. The van der Waals surface area contributed by atoms with E-state index in [-0.39, 0.29) is 29.0 Å². The first-order valence-corrected chi connectivity index (χ1v) is 15.9. The van der Waals surface area contributed by atoms with E-state index in [2.05, 4.69) is 5.32 Å². The van der Waals surface area contributed by atoms with E-state index < -0.39 is 28.5 Å². The molecule has 1 atom stereocenters. The van der Waals surface area contributed by atoms with Gasteiger partial charge < -0.3 is 15.0 Å². The van der Waals surface area contributed by atoms with E-state index in [1.165, 1.54) is 29.2 Å². The Bertz CT molecular complexity index is 1440. The molecule has 3 rings (SSSR count). The predicted octanol–water partition coefficient (Wildman–Crippen LogP) is 5.82. The van der Waals surface area contributed by atoms with Crippen LogP contribution in [0.15, 0.2) is 77.7 Å². The number of halogens is 1. The minimum Gasteiger partial charge on any atom is -0.494 e. The third-order valence-corrected chi connectivity index (χ3v) is 8.66. The van der Waals surface area contributed by atoms with Crippen molar-refractivity contribution in [2.45, 2.75) is 58.5 Å². The topological polar surface area (TPSA) is 96.0 Å². The first-order chi connectivity index (χ1) is 20.0. The maximum Gasteiger partial charge on any atom is 0.264 e. The number of aryl methyl sites for hydroxylation is 1. The Kier molecular flexibility index (Phi) is 11.8. The quantitative estimate of drug-likeness (QED) is 0.247. The highest BCUT2D eigenvalue weighted by molar-refractivity contribution is 7.92. The average molecular weight is 614 g/mol. The van der Waals surface area contributed by atoms with Gasteiger partial charge >= 0.3 is 0 Å². The van der Waals surface area contributed by atoms with Crippen molar-refractivity contribution >= 4 is 39.1 Å². The molecule has 0 saturated carbocycles. The summed E-state index contributed by atoms with van der Waals surface area (Å²) in [7, 11) is -4.19. The van der Waals surface area contributed by atoms with Gasteiger partial charge in [0, 0.05) is 18.1 Å². The largest absolute Gasteiger partial charge is 0.494 e. The molecule has 0 saturated heterocycles. The zero-order chi connectivity index (χ0) is 30.9. The molecule has 0 heterocycles. The summed E-state index contributed by atoms with van der Waals surface area (Å²) in [5.74, 6) is 0.0206. The van der Waals surface area contributed by atoms with Gasteiger partial charge in [-0.1, -0.05) is 62.2 Å². The number of carbonyl (C=O) groups is 2. The number of nitrogens with one attached hydrogen (secondary N) is 1. The number of carbonyl (C=O) groups excluding carboxylic acids is 2.